The normalized spacial score (nSPS) is 30.4. The Morgan fingerprint density at radius 1 is 1.11 bits per heavy atom. The second-order valence-corrected chi connectivity index (χ2v) is 10.4. The first kappa shape index (κ1) is 21.8. The Hall–Kier alpha value is -0.950. The predicted octanol–water partition coefficient (Wildman–Crippen LogP) is 3.57. The zero-order valence-electron chi connectivity index (χ0n) is 17.5. The highest BCUT2D eigenvalue weighted by Gasteiger charge is 2.43. The fraction of sp³-hybridized carbons (Fsp3) is 0.727. The van der Waals surface area contributed by atoms with E-state index in [1.165, 1.54) is 11.8 Å². The van der Waals surface area contributed by atoms with Gasteiger partial charge < -0.3 is 10.1 Å². The van der Waals surface area contributed by atoms with Crippen molar-refractivity contribution in [2.24, 2.45) is 0 Å². The van der Waals surface area contributed by atoms with Gasteiger partial charge in [0.25, 0.3) is 0 Å². The van der Waals surface area contributed by atoms with Gasteiger partial charge in [0, 0.05) is 17.6 Å². The number of hydrogen-bond donors (Lipinski definition) is 2. The van der Waals surface area contributed by atoms with Crippen molar-refractivity contribution >= 4 is 10.0 Å². The first-order chi connectivity index (χ1) is 13.3. The molecule has 3 rings (SSSR count). The van der Waals surface area contributed by atoms with Crippen LogP contribution >= 0.6 is 0 Å². The predicted molar refractivity (Wildman–Crippen MR) is 114 cm³/mol. The standard InChI is InChI=1S/C22H36N2O3S/c1-4-22(5-2)15-20(24-28(3,25)26)21(23-22)16-27-19-13-11-18(12-14-19)17-9-7-6-8-10-17/h6-10,18-21,23-24H,4-5,11-16H2,1-3H3/t18?,19?,20-,21-/m0/s1. The smallest absolute Gasteiger partial charge is 0.209 e. The lowest BCUT2D eigenvalue weighted by molar-refractivity contribution is 0.0111. The molecule has 0 bridgehead atoms. The first-order valence-electron chi connectivity index (χ1n) is 10.8. The highest BCUT2D eigenvalue weighted by molar-refractivity contribution is 7.88. The van der Waals surface area contributed by atoms with Crippen molar-refractivity contribution < 1.29 is 13.2 Å². The van der Waals surface area contributed by atoms with E-state index in [2.05, 4.69) is 54.2 Å². The van der Waals surface area contributed by atoms with Crippen LogP contribution in [0, 0.1) is 0 Å². The van der Waals surface area contributed by atoms with E-state index < -0.39 is 10.0 Å². The van der Waals surface area contributed by atoms with Gasteiger partial charge in [0.2, 0.25) is 10.0 Å². The molecule has 2 atom stereocenters. The molecule has 1 aromatic carbocycles. The summed E-state index contributed by atoms with van der Waals surface area (Å²) in [5.41, 5.74) is 1.44. The van der Waals surface area contributed by atoms with E-state index in [4.69, 9.17) is 4.74 Å². The third-order valence-electron chi connectivity index (χ3n) is 6.76. The summed E-state index contributed by atoms with van der Waals surface area (Å²) in [5, 5.41) is 3.70. The van der Waals surface area contributed by atoms with Crippen LogP contribution in [0.15, 0.2) is 30.3 Å². The van der Waals surface area contributed by atoms with Crippen LogP contribution in [0.2, 0.25) is 0 Å². The van der Waals surface area contributed by atoms with Gasteiger partial charge in [-0.3, -0.25) is 0 Å². The third-order valence-corrected chi connectivity index (χ3v) is 7.49. The van der Waals surface area contributed by atoms with E-state index >= 15 is 0 Å². The summed E-state index contributed by atoms with van der Waals surface area (Å²) >= 11 is 0. The fourth-order valence-electron chi connectivity index (χ4n) is 4.94. The number of benzene rings is 1. The molecule has 2 N–H and O–H groups in total. The Labute approximate surface area is 170 Å². The topological polar surface area (TPSA) is 67.4 Å². The zero-order chi connectivity index (χ0) is 20.2. The Morgan fingerprint density at radius 2 is 1.75 bits per heavy atom. The fourth-order valence-corrected chi connectivity index (χ4v) is 5.74. The molecule has 5 nitrogen and oxygen atoms in total. The zero-order valence-corrected chi connectivity index (χ0v) is 18.3. The van der Waals surface area contributed by atoms with Crippen molar-refractivity contribution in [2.45, 2.75) is 88.4 Å². The van der Waals surface area contributed by atoms with Crippen LogP contribution in [0.3, 0.4) is 0 Å². The summed E-state index contributed by atoms with van der Waals surface area (Å²) in [4.78, 5) is 0. The van der Waals surface area contributed by atoms with E-state index in [0.29, 0.717) is 12.5 Å². The van der Waals surface area contributed by atoms with Crippen molar-refractivity contribution in [3.63, 3.8) is 0 Å². The lowest BCUT2D eigenvalue weighted by Crippen LogP contribution is -2.48. The largest absolute Gasteiger partial charge is 0.377 e. The number of rotatable bonds is 8. The van der Waals surface area contributed by atoms with Gasteiger partial charge in [0.15, 0.2) is 0 Å². The summed E-state index contributed by atoms with van der Waals surface area (Å²) in [7, 11) is -3.23. The molecule has 1 saturated carbocycles. The number of ether oxygens (including phenoxy) is 1. The minimum atomic E-state index is -3.23. The van der Waals surface area contributed by atoms with Crippen molar-refractivity contribution in [1.82, 2.24) is 10.0 Å². The van der Waals surface area contributed by atoms with Gasteiger partial charge >= 0.3 is 0 Å². The summed E-state index contributed by atoms with van der Waals surface area (Å²) in [6.07, 6.45) is 8.78. The van der Waals surface area contributed by atoms with Gasteiger partial charge in [-0.15, -0.1) is 0 Å². The maximum atomic E-state index is 11.8. The molecule has 2 fully saturated rings. The van der Waals surface area contributed by atoms with E-state index in [1.807, 2.05) is 0 Å². The molecular formula is C22H36N2O3S. The maximum Gasteiger partial charge on any atom is 0.209 e. The molecule has 0 aromatic heterocycles. The summed E-state index contributed by atoms with van der Waals surface area (Å²) in [6, 6.07) is 10.7. The van der Waals surface area contributed by atoms with Crippen LogP contribution in [0.4, 0.5) is 0 Å². The lowest BCUT2D eigenvalue weighted by Gasteiger charge is -2.31. The molecule has 0 unspecified atom stereocenters. The average Bonchev–Trinajstić information content (AvgIpc) is 3.04. The van der Waals surface area contributed by atoms with E-state index in [1.54, 1.807) is 0 Å². The van der Waals surface area contributed by atoms with Gasteiger partial charge in [-0.05, 0) is 56.4 Å². The minimum absolute atomic E-state index is 0.00134. The molecule has 158 valence electrons. The van der Waals surface area contributed by atoms with Crippen LogP contribution in [0.5, 0.6) is 0 Å². The molecule has 28 heavy (non-hydrogen) atoms. The molecule has 1 aliphatic heterocycles. The quantitative estimate of drug-likeness (QED) is 0.690. The second-order valence-electron chi connectivity index (χ2n) is 8.66. The van der Waals surface area contributed by atoms with Crippen molar-refractivity contribution in [2.75, 3.05) is 12.9 Å². The Balaban J connectivity index is 1.54. The van der Waals surface area contributed by atoms with Gasteiger partial charge in [-0.1, -0.05) is 44.2 Å². The molecule has 1 aromatic rings. The molecule has 0 radical (unpaired) electrons. The summed E-state index contributed by atoms with van der Waals surface area (Å²) in [6.45, 7) is 4.90. The highest BCUT2D eigenvalue weighted by Crippen LogP contribution is 2.35. The molecular weight excluding hydrogens is 372 g/mol. The monoisotopic (exact) mass is 408 g/mol. The van der Waals surface area contributed by atoms with Gasteiger partial charge in [0.1, 0.15) is 0 Å². The van der Waals surface area contributed by atoms with E-state index in [0.717, 1.165) is 44.9 Å². The molecule has 1 aliphatic carbocycles. The molecule has 6 heteroatoms. The molecule has 0 spiro atoms. The number of sulfonamides is 1. The Kier molecular flexibility index (Phi) is 7.18. The Morgan fingerprint density at radius 3 is 2.32 bits per heavy atom. The van der Waals surface area contributed by atoms with Crippen molar-refractivity contribution in [3.8, 4) is 0 Å². The van der Waals surface area contributed by atoms with E-state index in [9.17, 15) is 8.42 Å². The minimum Gasteiger partial charge on any atom is -0.377 e. The molecule has 0 amide bonds. The van der Waals surface area contributed by atoms with Crippen LogP contribution in [-0.4, -0.2) is 45.0 Å². The molecule has 1 heterocycles. The van der Waals surface area contributed by atoms with Crippen LogP contribution in [-0.2, 0) is 14.8 Å². The highest BCUT2D eigenvalue weighted by atomic mass is 32.2. The summed E-state index contributed by atoms with van der Waals surface area (Å²) < 4.78 is 32.8. The average molecular weight is 409 g/mol. The SMILES string of the molecule is CCC1(CC)C[C@H](NS(C)(=O)=O)[C@H](COC2CCC(c3ccccc3)CC2)N1. The van der Waals surface area contributed by atoms with Crippen molar-refractivity contribution in [3.05, 3.63) is 35.9 Å². The van der Waals surface area contributed by atoms with Gasteiger partial charge in [-0.2, -0.15) is 0 Å². The van der Waals surface area contributed by atoms with Crippen LogP contribution in [0.1, 0.15) is 70.3 Å². The maximum absolute atomic E-state index is 11.8. The lowest BCUT2D eigenvalue weighted by atomic mass is 9.83. The first-order valence-corrected chi connectivity index (χ1v) is 12.6. The summed E-state index contributed by atoms with van der Waals surface area (Å²) in [5.74, 6) is 0.637. The molecule has 2 aliphatic rings. The van der Waals surface area contributed by atoms with Gasteiger partial charge in [-0.25, -0.2) is 13.1 Å². The van der Waals surface area contributed by atoms with Gasteiger partial charge in [0.05, 0.1) is 19.0 Å². The number of nitrogens with one attached hydrogen (secondary N) is 2. The van der Waals surface area contributed by atoms with Crippen molar-refractivity contribution in [1.29, 1.82) is 0 Å². The van der Waals surface area contributed by atoms with E-state index in [-0.39, 0.29) is 23.7 Å². The Bertz CT molecular complexity index is 711. The van der Waals surface area contributed by atoms with Crippen LogP contribution < -0.4 is 10.0 Å². The second kappa shape index (κ2) is 9.24. The molecule has 1 saturated heterocycles. The van der Waals surface area contributed by atoms with Crippen LogP contribution in [0.25, 0.3) is 0 Å². The third kappa shape index (κ3) is 5.56. The number of hydrogen-bond acceptors (Lipinski definition) is 4.